The molecule has 0 radical (unpaired) electrons. The summed E-state index contributed by atoms with van der Waals surface area (Å²) in [5.74, 6) is 0.621. The fourth-order valence-corrected chi connectivity index (χ4v) is 2.77. The Morgan fingerprint density at radius 3 is 2.62 bits per heavy atom. The molecule has 3 atom stereocenters. The van der Waals surface area contributed by atoms with Crippen molar-refractivity contribution in [3.63, 3.8) is 0 Å². The topological polar surface area (TPSA) is 51.2 Å². The average Bonchev–Trinajstić information content (AvgIpc) is 2.35. The van der Waals surface area contributed by atoms with Gasteiger partial charge in [-0.2, -0.15) is 0 Å². The molecule has 1 aromatic rings. The number of halogens is 1. The maximum absolute atomic E-state index is 12.0. The van der Waals surface area contributed by atoms with Crippen molar-refractivity contribution >= 4 is 26.9 Å². The number of nitrogens with zero attached hydrogens (tertiary/aromatic N) is 1. The number of hydrogen-bond acceptors (Lipinski definition) is 3. The molecule has 1 aromatic heterocycles. The maximum Gasteiger partial charge on any atom is 0.214 e. The van der Waals surface area contributed by atoms with Crippen LogP contribution in [0.5, 0.6) is 5.88 Å². The minimum Gasteiger partial charge on any atom is -0.475 e. The lowest BCUT2D eigenvalue weighted by atomic mass is 10.1. The Bertz CT molecular complexity index is 477. The first-order valence-electron chi connectivity index (χ1n) is 7.14. The molecule has 1 rings (SSSR count). The van der Waals surface area contributed by atoms with Crippen molar-refractivity contribution in [2.75, 3.05) is 0 Å². The summed E-state index contributed by atoms with van der Waals surface area (Å²) in [6.45, 7) is 9.97. The maximum atomic E-state index is 12.0. The molecular formula is C15H25BrN2O2S. The third kappa shape index (κ3) is 7.38. The predicted octanol–water partition coefficient (Wildman–Crippen LogP) is 3.83. The van der Waals surface area contributed by atoms with Crippen LogP contribution in [-0.4, -0.2) is 26.1 Å². The van der Waals surface area contributed by atoms with Gasteiger partial charge in [0.15, 0.2) is 0 Å². The molecule has 0 amide bonds. The number of rotatable bonds is 7. The first-order chi connectivity index (χ1) is 9.68. The highest BCUT2D eigenvalue weighted by atomic mass is 79.9. The lowest BCUT2D eigenvalue weighted by Gasteiger charge is -2.23. The van der Waals surface area contributed by atoms with Gasteiger partial charge in [0.1, 0.15) is 0 Å². The number of ether oxygens (including phenoxy) is 1. The van der Waals surface area contributed by atoms with Crippen molar-refractivity contribution in [1.29, 1.82) is 0 Å². The minimum atomic E-state index is -1.03. The monoisotopic (exact) mass is 376 g/mol. The first-order valence-corrected chi connectivity index (χ1v) is 9.09. The van der Waals surface area contributed by atoms with Crippen LogP contribution >= 0.6 is 15.9 Å². The molecule has 0 saturated heterocycles. The summed E-state index contributed by atoms with van der Waals surface area (Å²) in [5.41, 5.74) is 0. The average molecular weight is 377 g/mol. The van der Waals surface area contributed by atoms with E-state index in [-0.39, 0.29) is 16.9 Å². The molecular weight excluding hydrogens is 352 g/mol. The zero-order valence-electron chi connectivity index (χ0n) is 13.4. The van der Waals surface area contributed by atoms with Crippen LogP contribution in [0, 0.1) is 0 Å². The van der Waals surface area contributed by atoms with Crippen LogP contribution in [0.2, 0.25) is 0 Å². The third-order valence-corrected chi connectivity index (χ3v) is 5.11. The molecule has 6 heteroatoms. The Kier molecular flexibility index (Phi) is 7.30. The second-order valence-corrected chi connectivity index (χ2v) is 9.13. The summed E-state index contributed by atoms with van der Waals surface area (Å²) in [7, 11) is -1.03. The molecule has 0 aromatic carbocycles. The van der Waals surface area contributed by atoms with Crippen molar-refractivity contribution < 1.29 is 8.95 Å². The molecule has 1 heterocycles. The summed E-state index contributed by atoms with van der Waals surface area (Å²) in [6.07, 6.45) is 3.56. The van der Waals surface area contributed by atoms with Gasteiger partial charge in [0.25, 0.3) is 0 Å². The van der Waals surface area contributed by atoms with Gasteiger partial charge in [-0.15, -0.1) is 0 Å². The summed E-state index contributed by atoms with van der Waals surface area (Å²) >= 11 is 3.40. The van der Waals surface area contributed by atoms with Gasteiger partial charge in [-0.25, -0.2) is 13.9 Å². The standard InChI is InChI=1S/C15H25BrN2O2S/c1-11(18-21(19)15(3,4)5)6-7-12(2)20-14-10-13(16)8-9-17-14/h8-12,18H,6-7H2,1-5H3/t11-,12+,21?/m1/s1. The van der Waals surface area contributed by atoms with E-state index in [1.54, 1.807) is 6.20 Å². The van der Waals surface area contributed by atoms with Gasteiger partial charge in [0, 0.05) is 22.8 Å². The van der Waals surface area contributed by atoms with E-state index < -0.39 is 11.0 Å². The quantitative estimate of drug-likeness (QED) is 0.786. The first kappa shape index (κ1) is 18.6. The third-order valence-electron chi connectivity index (χ3n) is 2.89. The van der Waals surface area contributed by atoms with Crippen molar-refractivity contribution in [3.8, 4) is 5.88 Å². The predicted molar refractivity (Wildman–Crippen MR) is 91.8 cm³/mol. The smallest absolute Gasteiger partial charge is 0.214 e. The van der Waals surface area contributed by atoms with E-state index in [0.29, 0.717) is 5.88 Å². The van der Waals surface area contributed by atoms with Gasteiger partial charge in [-0.05, 0) is 53.5 Å². The molecule has 0 spiro atoms. The number of nitrogens with one attached hydrogen (secondary N) is 1. The highest BCUT2D eigenvalue weighted by Gasteiger charge is 2.21. The largest absolute Gasteiger partial charge is 0.475 e. The molecule has 1 unspecified atom stereocenters. The second-order valence-electron chi connectivity index (χ2n) is 6.22. The molecule has 4 nitrogen and oxygen atoms in total. The van der Waals surface area contributed by atoms with Gasteiger partial charge >= 0.3 is 0 Å². The summed E-state index contributed by atoms with van der Waals surface area (Å²) in [6, 6.07) is 3.91. The zero-order valence-corrected chi connectivity index (χ0v) is 15.8. The Morgan fingerprint density at radius 1 is 1.38 bits per heavy atom. The van der Waals surface area contributed by atoms with E-state index in [4.69, 9.17) is 4.74 Å². The molecule has 0 fully saturated rings. The molecule has 0 aliphatic rings. The molecule has 120 valence electrons. The van der Waals surface area contributed by atoms with Crippen LogP contribution < -0.4 is 9.46 Å². The number of pyridine rings is 1. The highest BCUT2D eigenvalue weighted by molar-refractivity contribution is 9.10. The van der Waals surface area contributed by atoms with Gasteiger partial charge in [0.05, 0.1) is 21.8 Å². The SMILES string of the molecule is C[C@H](CC[C@H](C)Oc1cc(Br)ccn1)NS(=O)C(C)(C)C. The van der Waals surface area contributed by atoms with Crippen LogP contribution in [0.15, 0.2) is 22.8 Å². The minimum absolute atomic E-state index is 0.0686. The highest BCUT2D eigenvalue weighted by Crippen LogP contribution is 2.17. The van der Waals surface area contributed by atoms with E-state index >= 15 is 0 Å². The van der Waals surface area contributed by atoms with E-state index in [2.05, 4.69) is 25.6 Å². The van der Waals surface area contributed by atoms with Crippen LogP contribution in [0.25, 0.3) is 0 Å². The molecule has 1 N–H and O–H groups in total. The molecule has 21 heavy (non-hydrogen) atoms. The van der Waals surface area contributed by atoms with Crippen LogP contribution in [0.3, 0.4) is 0 Å². The van der Waals surface area contributed by atoms with Gasteiger partial charge in [-0.1, -0.05) is 15.9 Å². The molecule has 0 bridgehead atoms. The fraction of sp³-hybridized carbons (Fsp3) is 0.667. The lowest BCUT2D eigenvalue weighted by Crippen LogP contribution is -2.38. The van der Waals surface area contributed by atoms with Gasteiger partial charge < -0.3 is 4.74 Å². The van der Waals surface area contributed by atoms with Crippen molar-refractivity contribution in [2.45, 2.75) is 64.4 Å². The van der Waals surface area contributed by atoms with E-state index in [0.717, 1.165) is 17.3 Å². The normalized spacial score (nSPS) is 16.3. The summed E-state index contributed by atoms with van der Waals surface area (Å²) < 4.78 is 21.6. The van der Waals surface area contributed by atoms with Gasteiger partial charge in [-0.3, -0.25) is 0 Å². The van der Waals surface area contributed by atoms with Crippen molar-refractivity contribution in [1.82, 2.24) is 9.71 Å². The molecule has 0 saturated carbocycles. The lowest BCUT2D eigenvalue weighted by molar-refractivity contribution is 0.196. The van der Waals surface area contributed by atoms with E-state index in [1.807, 2.05) is 46.8 Å². The van der Waals surface area contributed by atoms with E-state index in [1.165, 1.54) is 0 Å². The second kappa shape index (κ2) is 8.25. The van der Waals surface area contributed by atoms with Crippen molar-refractivity contribution in [3.05, 3.63) is 22.8 Å². The van der Waals surface area contributed by atoms with Gasteiger partial charge in [0.2, 0.25) is 5.88 Å². The fourth-order valence-electron chi connectivity index (χ4n) is 1.62. The van der Waals surface area contributed by atoms with Crippen LogP contribution in [-0.2, 0) is 11.0 Å². The molecule has 0 aliphatic heterocycles. The molecule has 0 aliphatic carbocycles. The number of hydrogen-bond donors (Lipinski definition) is 1. The summed E-state index contributed by atoms with van der Waals surface area (Å²) in [5, 5.41) is 0. The Hall–Kier alpha value is -0.460. The number of aromatic nitrogens is 1. The van der Waals surface area contributed by atoms with Crippen LogP contribution in [0.1, 0.15) is 47.5 Å². The van der Waals surface area contributed by atoms with E-state index in [9.17, 15) is 4.21 Å². The Morgan fingerprint density at radius 2 is 2.05 bits per heavy atom. The zero-order chi connectivity index (χ0) is 16.0. The van der Waals surface area contributed by atoms with Crippen molar-refractivity contribution in [2.24, 2.45) is 0 Å². The Balaban J connectivity index is 2.36. The summed E-state index contributed by atoms with van der Waals surface area (Å²) in [4.78, 5) is 4.17. The Labute approximate surface area is 138 Å². The van der Waals surface area contributed by atoms with Crippen LogP contribution in [0.4, 0.5) is 0 Å².